The molecular formula is C17H21BN2O4. The normalized spacial score (nSPS) is 11.4. The van der Waals surface area contributed by atoms with Crippen LogP contribution in [-0.4, -0.2) is 31.2 Å². The largest absolute Gasteiger partial charge is 0.443 e. The van der Waals surface area contributed by atoms with Crippen LogP contribution < -0.4 is 10.4 Å². The van der Waals surface area contributed by atoms with Crippen LogP contribution in [0.15, 0.2) is 18.2 Å². The van der Waals surface area contributed by atoms with Gasteiger partial charge in [-0.05, 0) is 59.7 Å². The van der Waals surface area contributed by atoms with Gasteiger partial charge in [-0.15, -0.1) is 0 Å². The number of carbonyl (C=O) groups excluding carboxylic acids is 2. The minimum Gasteiger partial charge on any atom is -0.443 e. The van der Waals surface area contributed by atoms with Gasteiger partial charge < -0.3 is 9.47 Å². The van der Waals surface area contributed by atoms with E-state index >= 15 is 0 Å². The van der Waals surface area contributed by atoms with Crippen LogP contribution in [0, 0.1) is 11.3 Å². The molecule has 0 saturated heterocycles. The highest BCUT2D eigenvalue weighted by molar-refractivity contribution is 6.34. The minimum atomic E-state index is -0.888. The first-order valence-corrected chi connectivity index (χ1v) is 7.40. The summed E-state index contributed by atoms with van der Waals surface area (Å²) in [6, 6.07) is 6.13. The Morgan fingerprint density at radius 1 is 1.04 bits per heavy atom. The average Bonchev–Trinajstić information content (AvgIpc) is 2.34. The molecule has 0 saturated carbocycles. The second-order valence-corrected chi connectivity index (χ2v) is 7.18. The van der Waals surface area contributed by atoms with Crippen LogP contribution in [0.4, 0.5) is 15.3 Å². The Bertz CT molecular complexity index is 653. The first-order valence-electron chi connectivity index (χ1n) is 7.40. The van der Waals surface area contributed by atoms with Crippen molar-refractivity contribution in [1.29, 1.82) is 5.26 Å². The van der Waals surface area contributed by atoms with E-state index in [9.17, 15) is 9.59 Å². The molecule has 1 aromatic carbocycles. The van der Waals surface area contributed by atoms with Gasteiger partial charge in [0.1, 0.15) is 19.0 Å². The summed E-state index contributed by atoms with van der Waals surface area (Å²) in [7, 11) is 5.77. The van der Waals surface area contributed by atoms with Gasteiger partial charge in [0.2, 0.25) is 0 Å². The van der Waals surface area contributed by atoms with Gasteiger partial charge in [-0.25, -0.2) is 9.59 Å². The first kappa shape index (κ1) is 19.6. The highest BCUT2D eigenvalue weighted by atomic mass is 16.6. The predicted octanol–water partition coefficient (Wildman–Crippen LogP) is 3.03. The van der Waals surface area contributed by atoms with Gasteiger partial charge in [-0.2, -0.15) is 10.2 Å². The van der Waals surface area contributed by atoms with Crippen LogP contribution in [0.2, 0.25) is 0 Å². The molecule has 24 heavy (non-hydrogen) atoms. The number of carbonyl (C=O) groups is 2. The van der Waals surface area contributed by atoms with Crippen molar-refractivity contribution in [1.82, 2.24) is 0 Å². The third-order valence-corrected chi connectivity index (χ3v) is 2.57. The molecule has 7 heteroatoms. The minimum absolute atomic E-state index is 0.145. The Balaban J connectivity index is 3.28. The lowest BCUT2D eigenvalue weighted by Gasteiger charge is -2.28. The zero-order valence-corrected chi connectivity index (χ0v) is 14.8. The standard InChI is InChI=1S/C17H21BN2O4/c1-16(2,3)23-14(21)20(15(22)24-17(4,5)6)12-8-7-11(10-19)13(18)9-12/h7-9H,1-6H3. The molecule has 0 N–H and O–H groups in total. The Morgan fingerprint density at radius 3 is 1.83 bits per heavy atom. The maximum Gasteiger partial charge on any atom is 0.424 e. The summed E-state index contributed by atoms with van der Waals surface area (Å²) >= 11 is 0. The van der Waals surface area contributed by atoms with E-state index < -0.39 is 23.4 Å². The van der Waals surface area contributed by atoms with E-state index in [0.29, 0.717) is 0 Å². The van der Waals surface area contributed by atoms with E-state index in [-0.39, 0.29) is 16.7 Å². The van der Waals surface area contributed by atoms with E-state index in [1.807, 2.05) is 6.07 Å². The van der Waals surface area contributed by atoms with Crippen LogP contribution in [0.3, 0.4) is 0 Å². The van der Waals surface area contributed by atoms with E-state index in [0.717, 1.165) is 4.90 Å². The smallest absolute Gasteiger partial charge is 0.424 e. The number of anilines is 1. The predicted molar refractivity (Wildman–Crippen MR) is 91.5 cm³/mol. The molecule has 2 amide bonds. The van der Waals surface area contributed by atoms with E-state index in [2.05, 4.69) is 0 Å². The number of imide groups is 1. The van der Waals surface area contributed by atoms with Gasteiger partial charge in [0.15, 0.2) is 0 Å². The molecule has 0 bridgehead atoms. The number of hydrogen-bond acceptors (Lipinski definition) is 5. The topological polar surface area (TPSA) is 79.6 Å². The van der Waals surface area contributed by atoms with Crippen LogP contribution >= 0.6 is 0 Å². The van der Waals surface area contributed by atoms with Crippen LogP contribution in [-0.2, 0) is 9.47 Å². The molecule has 0 fully saturated rings. The highest BCUT2D eigenvalue weighted by Gasteiger charge is 2.32. The van der Waals surface area contributed by atoms with Gasteiger partial charge in [-0.3, -0.25) is 0 Å². The summed E-state index contributed by atoms with van der Waals surface area (Å²) in [5, 5.41) is 8.95. The fourth-order valence-corrected chi connectivity index (χ4v) is 1.69. The molecule has 6 nitrogen and oxygen atoms in total. The third-order valence-electron chi connectivity index (χ3n) is 2.57. The van der Waals surface area contributed by atoms with Crippen molar-refractivity contribution in [3.05, 3.63) is 23.8 Å². The summed E-state index contributed by atoms with van der Waals surface area (Å²) < 4.78 is 10.5. The molecule has 126 valence electrons. The van der Waals surface area contributed by atoms with Gasteiger partial charge in [0.05, 0.1) is 11.8 Å². The van der Waals surface area contributed by atoms with Crippen molar-refractivity contribution >= 4 is 31.2 Å². The zero-order chi connectivity index (χ0) is 18.7. The number of rotatable bonds is 1. The molecule has 0 aliphatic heterocycles. The maximum atomic E-state index is 12.4. The van der Waals surface area contributed by atoms with Crippen molar-refractivity contribution in [2.24, 2.45) is 0 Å². The monoisotopic (exact) mass is 328 g/mol. The highest BCUT2D eigenvalue weighted by Crippen LogP contribution is 2.21. The molecule has 0 spiro atoms. The van der Waals surface area contributed by atoms with Gasteiger partial charge in [-0.1, -0.05) is 5.46 Å². The van der Waals surface area contributed by atoms with Crippen LogP contribution in [0.25, 0.3) is 0 Å². The molecular weight excluding hydrogens is 307 g/mol. The van der Waals surface area contributed by atoms with E-state index in [4.69, 9.17) is 22.6 Å². The summed E-state index contributed by atoms with van der Waals surface area (Å²) in [5.74, 6) is 0. The zero-order valence-electron chi connectivity index (χ0n) is 14.8. The lowest BCUT2D eigenvalue weighted by atomic mass is 9.90. The van der Waals surface area contributed by atoms with Crippen molar-refractivity contribution in [2.75, 3.05) is 4.90 Å². The number of benzene rings is 1. The number of nitriles is 1. The SMILES string of the molecule is [B]c1cc(N(C(=O)OC(C)(C)C)C(=O)OC(C)(C)C)ccc1C#N. The molecule has 0 heterocycles. The average molecular weight is 328 g/mol. The van der Waals surface area contributed by atoms with Crippen molar-refractivity contribution in [3.63, 3.8) is 0 Å². The maximum absolute atomic E-state index is 12.4. The molecule has 0 aliphatic carbocycles. The molecule has 0 atom stereocenters. The van der Waals surface area contributed by atoms with Gasteiger partial charge >= 0.3 is 12.2 Å². The molecule has 0 aliphatic rings. The summed E-state index contributed by atoms with van der Waals surface area (Å²) in [4.78, 5) is 25.7. The summed E-state index contributed by atoms with van der Waals surface area (Å²) in [6.07, 6.45) is -1.78. The summed E-state index contributed by atoms with van der Waals surface area (Å²) in [5.41, 5.74) is -1.04. The van der Waals surface area contributed by atoms with Crippen molar-refractivity contribution in [2.45, 2.75) is 52.7 Å². The molecule has 0 unspecified atom stereocenters. The fourth-order valence-electron chi connectivity index (χ4n) is 1.69. The first-order chi connectivity index (χ1) is 10.8. The number of ether oxygens (including phenoxy) is 2. The summed E-state index contributed by atoms with van der Waals surface area (Å²) in [6.45, 7) is 10.1. The lowest BCUT2D eigenvalue weighted by molar-refractivity contribution is 0.0431. The van der Waals surface area contributed by atoms with Crippen LogP contribution in [0.1, 0.15) is 47.1 Å². The van der Waals surface area contributed by atoms with E-state index in [1.165, 1.54) is 18.2 Å². The molecule has 2 radical (unpaired) electrons. The molecule has 0 aromatic heterocycles. The Hall–Kier alpha value is -2.49. The molecule has 1 aromatic rings. The fraction of sp³-hybridized carbons (Fsp3) is 0.471. The lowest BCUT2D eigenvalue weighted by Crippen LogP contribution is -2.44. The van der Waals surface area contributed by atoms with E-state index in [1.54, 1.807) is 41.5 Å². The molecule has 1 rings (SSSR count). The second-order valence-electron chi connectivity index (χ2n) is 7.18. The Kier molecular flexibility index (Phi) is 5.67. The van der Waals surface area contributed by atoms with Crippen molar-refractivity contribution < 1.29 is 19.1 Å². The second kappa shape index (κ2) is 6.96. The Labute approximate surface area is 143 Å². The van der Waals surface area contributed by atoms with Gasteiger partial charge in [0.25, 0.3) is 0 Å². The Morgan fingerprint density at radius 2 is 1.50 bits per heavy atom. The van der Waals surface area contributed by atoms with Crippen LogP contribution in [0.5, 0.6) is 0 Å². The third kappa shape index (κ3) is 5.62. The van der Waals surface area contributed by atoms with Crippen molar-refractivity contribution in [3.8, 4) is 6.07 Å². The quantitative estimate of drug-likeness (QED) is 0.740. The number of hydrogen-bond donors (Lipinski definition) is 0. The number of nitrogens with zero attached hydrogens (tertiary/aromatic N) is 2. The number of amides is 2. The van der Waals surface area contributed by atoms with Gasteiger partial charge in [0, 0.05) is 5.56 Å².